The summed E-state index contributed by atoms with van der Waals surface area (Å²) in [6.07, 6.45) is 8.08. The van der Waals surface area contributed by atoms with Crippen LogP contribution in [0.15, 0.2) is 42.7 Å². The van der Waals surface area contributed by atoms with Gasteiger partial charge in [0.05, 0.1) is 37.7 Å². The molecular formula is C27H31N5O4. The summed E-state index contributed by atoms with van der Waals surface area (Å²) in [7, 11) is 2.89. The van der Waals surface area contributed by atoms with Crippen LogP contribution in [0.1, 0.15) is 41.7 Å². The summed E-state index contributed by atoms with van der Waals surface area (Å²) in [6.45, 7) is 0.768. The zero-order chi connectivity index (χ0) is 25.1. The molecule has 1 aromatic carbocycles. The Hall–Kier alpha value is -3.85. The molecule has 36 heavy (non-hydrogen) atoms. The van der Waals surface area contributed by atoms with E-state index in [9.17, 15) is 9.59 Å². The van der Waals surface area contributed by atoms with Gasteiger partial charge in [0.2, 0.25) is 5.91 Å². The van der Waals surface area contributed by atoms with E-state index in [1.54, 1.807) is 13.3 Å². The number of anilines is 2. The molecule has 3 N–H and O–H groups in total. The number of amides is 1. The van der Waals surface area contributed by atoms with E-state index in [0.717, 1.165) is 35.0 Å². The number of methoxy groups -OCH3 is 2. The summed E-state index contributed by atoms with van der Waals surface area (Å²) < 4.78 is 12.1. The molecule has 0 unspecified atom stereocenters. The van der Waals surface area contributed by atoms with E-state index in [1.807, 2.05) is 35.0 Å². The second-order valence-corrected chi connectivity index (χ2v) is 9.13. The Morgan fingerprint density at radius 1 is 1.19 bits per heavy atom. The first-order valence-corrected chi connectivity index (χ1v) is 12.3. The predicted octanol–water partition coefficient (Wildman–Crippen LogP) is 4.49. The predicted molar refractivity (Wildman–Crippen MR) is 139 cm³/mol. The van der Waals surface area contributed by atoms with Gasteiger partial charge in [-0.2, -0.15) is 0 Å². The molecule has 1 saturated carbocycles. The highest BCUT2D eigenvalue weighted by Crippen LogP contribution is 2.34. The standard InChI is InChI=1S/C27H31N5O4/c1-35-13-11-23(33)31-24-21-14-19(30-18-6-5-7-18)16-29-26(21)32(25(24)27(34)36-2)12-10-17-15-28-22-9-4-3-8-20(17)22/h3-4,8-9,14-16,18,28,30H,5-7,10-13H2,1-2H3,(H,31,33). The molecule has 4 aromatic rings. The van der Waals surface area contributed by atoms with Crippen LogP contribution in [0.4, 0.5) is 11.4 Å². The third kappa shape index (κ3) is 4.66. The van der Waals surface area contributed by atoms with Crippen LogP contribution in [-0.2, 0) is 27.2 Å². The maximum absolute atomic E-state index is 13.0. The second-order valence-electron chi connectivity index (χ2n) is 9.13. The van der Waals surface area contributed by atoms with Crippen molar-refractivity contribution in [1.82, 2.24) is 14.5 Å². The number of esters is 1. The minimum atomic E-state index is -0.525. The molecule has 5 rings (SSSR count). The largest absolute Gasteiger partial charge is 0.464 e. The van der Waals surface area contributed by atoms with Crippen molar-refractivity contribution in [2.75, 3.05) is 31.5 Å². The molecule has 9 heteroatoms. The van der Waals surface area contributed by atoms with E-state index >= 15 is 0 Å². The lowest BCUT2D eigenvalue weighted by molar-refractivity contribution is -0.117. The SMILES string of the molecule is COCCC(=O)Nc1c(C(=O)OC)n(CCc2c[nH]c3ccccc23)c2ncc(NC3CCC3)cc12. The molecule has 0 atom stereocenters. The molecule has 1 fully saturated rings. The topological polar surface area (TPSA) is 110 Å². The van der Waals surface area contributed by atoms with E-state index in [4.69, 9.17) is 14.5 Å². The van der Waals surface area contributed by atoms with Crippen molar-refractivity contribution in [2.24, 2.45) is 0 Å². The fraction of sp³-hybridized carbons (Fsp3) is 0.370. The Bertz CT molecular complexity index is 1400. The molecule has 0 radical (unpaired) electrons. The Labute approximate surface area is 209 Å². The van der Waals surface area contributed by atoms with Gasteiger partial charge in [-0.1, -0.05) is 18.2 Å². The summed E-state index contributed by atoms with van der Waals surface area (Å²) in [5, 5.41) is 8.29. The van der Waals surface area contributed by atoms with Crippen molar-refractivity contribution in [3.8, 4) is 0 Å². The van der Waals surface area contributed by atoms with Crippen molar-refractivity contribution >= 4 is 45.2 Å². The molecule has 9 nitrogen and oxygen atoms in total. The maximum Gasteiger partial charge on any atom is 0.356 e. The normalized spacial score (nSPS) is 13.6. The van der Waals surface area contributed by atoms with Crippen LogP contribution in [0.5, 0.6) is 0 Å². The minimum Gasteiger partial charge on any atom is -0.464 e. The number of hydrogen-bond donors (Lipinski definition) is 3. The minimum absolute atomic E-state index is 0.173. The number of nitrogens with one attached hydrogen (secondary N) is 3. The first-order valence-electron chi connectivity index (χ1n) is 12.3. The number of para-hydroxylation sites is 1. The highest BCUT2D eigenvalue weighted by atomic mass is 16.5. The molecule has 1 aliphatic rings. The number of rotatable bonds is 10. The maximum atomic E-state index is 13.0. The quantitative estimate of drug-likeness (QED) is 0.283. The van der Waals surface area contributed by atoms with Gasteiger partial charge in [0.1, 0.15) is 5.65 Å². The fourth-order valence-corrected chi connectivity index (χ4v) is 4.71. The van der Waals surface area contributed by atoms with E-state index in [1.165, 1.54) is 13.5 Å². The zero-order valence-corrected chi connectivity index (χ0v) is 20.6. The van der Waals surface area contributed by atoms with E-state index < -0.39 is 5.97 Å². The van der Waals surface area contributed by atoms with Gasteiger partial charge in [-0.3, -0.25) is 4.79 Å². The van der Waals surface area contributed by atoms with Crippen LogP contribution < -0.4 is 10.6 Å². The summed E-state index contributed by atoms with van der Waals surface area (Å²) in [6, 6.07) is 10.5. The van der Waals surface area contributed by atoms with Crippen LogP contribution in [-0.4, -0.2) is 53.3 Å². The van der Waals surface area contributed by atoms with Gasteiger partial charge in [0.25, 0.3) is 0 Å². The molecular weight excluding hydrogens is 458 g/mol. The van der Waals surface area contributed by atoms with Crippen molar-refractivity contribution in [3.63, 3.8) is 0 Å². The average molecular weight is 490 g/mol. The fourth-order valence-electron chi connectivity index (χ4n) is 4.71. The molecule has 188 valence electrons. The Kier molecular flexibility index (Phi) is 6.90. The summed E-state index contributed by atoms with van der Waals surface area (Å²) in [4.78, 5) is 33.8. The molecule has 0 bridgehead atoms. The van der Waals surface area contributed by atoms with Crippen LogP contribution in [0.3, 0.4) is 0 Å². The van der Waals surface area contributed by atoms with Gasteiger partial charge in [0, 0.05) is 42.2 Å². The van der Waals surface area contributed by atoms with Crippen molar-refractivity contribution in [1.29, 1.82) is 0 Å². The molecule has 1 amide bonds. The first-order chi connectivity index (χ1) is 17.6. The molecule has 3 heterocycles. The lowest BCUT2D eigenvalue weighted by Crippen LogP contribution is -2.26. The van der Waals surface area contributed by atoms with Crippen molar-refractivity contribution in [2.45, 2.75) is 44.7 Å². The zero-order valence-electron chi connectivity index (χ0n) is 20.6. The van der Waals surface area contributed by atoms with Gasteiger partial charge >= 0.3 is 5.97 Å². The smallest absolute Gasteiger partial charge is 0.356 e. The Morgan fingerprint density at radius 3 is 2.78 bits per heavy atom. The van der Waals surface area contributed by atoms with Gasteiger partial charge in [-0.25, -0.2) is 9.78 Å². The van der Waals surface area contributed by atoms with Crippen LogP contribution in [0.2, 0.25) is 0 Å². The van der Waals surface area contributed by atoms with E-state index in [-0.39, 0.29) is 24.6 Å². The first kappa shape index (κ1) is 23.9. The van der Waals surface area contributed by atoms with Gasteiger partial charge in [-0.15, -0.1) is 0 Å². The van der Waals surface area contributed by atoms with Crippen LogP contribution in [0, 0.1) is 0 Å². The molecule has 3 aromatic heterocycles. The summed E-state index contributed by atoms with van der Waals surface area (Å²) in [5.41, 5.74) is 4.39. The van der Waals surface area contributed by atoms with Crippen molar-refractivity contribution in [3.05, 3.63) is 54.0 Å². The molecule has 1 aliphatic carbocycles. The number of benzene rings is 1. The summed E-state index contributed by atoms with van der Waals surface area (Å²) in [5.74, 6) is -0.766. The number of carbonyl (C=O) groups excluding carboxylic acids is 2. The number of H-pyrrole nitrogens is 1. The molecule has 0 aliphatic heterocycles. The third-order valence-electron chi connectivity index (χ3n) is 6.83. The summed E-state index contributed by atoms with van der Waals surface area (Å²) >= 11 is 0. The van der Waals surface area contributed by atoms with Crippen LogP contribution in [0.25, 0.3) is 21.9 Å². The van der Waals surface area contributed by atoms with Crippen LogP contribution >= 0.6 is 0 Å². The number of carbonyl (C=O) groups is 2. The van der Waals surface area contributed by atoms with E-state index in [2.05, 4.69) is 21.7 Å². The third-order valence-corrected chi connectivity index (χ3v) is 6.83. The Morgan fingerprint density at radius 2 is 2.03 bits per heavy atom. The lowest BCUT2D eigenvalue weighted by Gasteiger charge is -2.27. The number of ether oxygens (including phenoxy) is 2. The van der Waals surface area contributed by atoms with E-state index in [0.29, 0.717) is 35.7 Å². The number of hydrogen-bond acceptors (Lipinski definition) is 6. The number of aromatic amines is 1. The lowest BCUT2D eigenvalue weighted by atomic mass is 9.93. The molecule has 0 spiro atoms. The number of aromatic nitrogens is 3. The van der Waals surface area contributed by atoms with Gasteiger partial charge in [-0.05, 0) is 43.4 Å². The number of fused-ring (bicyclic) bond motifs is 2. The highest BCUT2D eigenvalue weighted by molar-refractivity contribution is 6.11. The average Bonchev–Trinajstić information content (AvgIpc) is 3.42. The van der Waals surface area contributed by atoms with Gasteiger partial charge in [0.15, 0.2) is 5.69 Å². The highest BCUT2D eigenvalue weighted by Gasteiger charge is 2.27. The van der Waals surface area contributed by atoms with Crippen molar-refractivity contribution < 1.29 is 19.1 Å². The number of aryl methyl sites for hydroxylation is 2. The second kappa shape index (κ2) is 10.4. The van der Waals surface area contributed by atoms with Gasteiger partial charge < -0.3 is 29.7 Å². The number of nitrogens with zero attached hydrogens (tertiary/aromatic N) is 2. The molecule has 0 saturated heterocycles. The number of pyridine rings is 1. The Balaban J connectivity index is 1.56. The monoisotopic (exact) mass is 489 g/mol.